The van der Waals surface area contributed by atoms with Gasteiger partial charge in [0.1, 0.15) is 17.4 Å². The van der Waals surface area contributed by atoms with Crippen molar-refractivity contribution in [2.24, 2.45) is 0 Å². The molecule has 5 heteroatoms. The van der Waals surface area contributed by atoms with E-state index in [0.717, 1.165) is 5.56 Å². The first-order chi connectivity index (χ1) is 10.7. The maximum Gasteiger partial charge on any atom is 0.262 e. The second kappa shape index (κ2) is 8.01. The van der Waals surface area contributed by atoms with E-state index in [4.69, 9.17) is 9.68 Å². The van der Waals surface area contributed by atoms with Gasteiger partial charge in [0.05, 0.1) is 12.8 Å². The van der Waals surface area contributed by atoms with E-state index < -0.39 is 5.91 Å². The minimum absolute atomic E-state index is 0.0191. The summed E-state index contributed by atoms with van der Waals surface area (Å²) in [6.45, 7) is 0.241. The zero-order valence-corrected chi connectivity index (χ0v) is 13.2. The molecule has 4 nitrogen and oxygen atoms in total. The zero-order chi connectivity index (χ0) is 15.8. The molecule has 0 fully saturated rings. The first-order valence-electron chi connectivity index (χ1n) is 6.53. The van der Waals surface area contributed by atoms with Crippen LogP contribution in [0, 0.1) is 11.3 Å². The van der Waals surface area contributed by atoms with E-state index in [1.54, 1.807) is 12.1 Å². The van der Waals surface area contributed by atoms with Gasteiger partial charge in [0, 0.05) is 4.48 Å². The molecule has 0 spiro atoms. The van der Waals surface area contributed by atoms with Crippen LogP contribution in [0.15, 0.2) is 69.3 Å². The van der Waals surface area contributed by atoms with Gasteiger partial charge in [-0.05, 0) is 29.8 Å². The number of carbonyl (C=O) groups is 1. The molecular weight excluding hydrogens is 344 g/mol. The van der Waals surface area contributed by atoms with Crippen LogP contribution in [0.1, 0.15) is 11.3 Å². The summed E-state index contributed by atoms with van der Waals surface area (Å²) in [5.41, 5.74) is 0.990. The fourth-order valence-corrected chi connectivity index (χ4v) is 2.21. The van der Waals surface area contributed by atoms with E-state index in [1.165, 1.54) is 12.3 Å². The van der Waals surface area contributed by atoms with Crippen molar-refractivity contribution in [3.05, 3.63) is 76.2 Å². The van der Waals surface area contributed by atoms with E-state index in [-0.39, 0.29) is 12.1 Å². The van der Waals surface area contributed by atoms with Crippen LogP contribution in [0.25, 0.3) is 6.08 Å². The van der Waals surface area contributed by atoms with Crippen molar-refractivity contribution in [3.63, 3.8) is 0 Å². The smallest absolute Gasteiger partial charge is 0.262 e. The summed E-state index contributed by atoms with van der Waals surface area (Å²) in [5, 5.41) is 11.8. The van der Waals surface area contributed by atoms with Crippen LogP contribution in [-0.4, -0.2) is 5.91 Å². The summed E-state index contributed by atoms with van der Waals surface area (Å²) >= 11 is 3.35. The van der Waals surface area contributed by atoms with E-state index in [1.807, 2.05) is 42.5 Å². The van der Waals surface area contributed by atoms with Crippen LogP contribution < -0.4 is 5.32 Å². The van der Waals surface area contributed by atoms with Gasteiger partial charge in [0.2, 0.25) is 0 Å². The number of hydrogen-bond donors (Lipinski definition) is 1. The van der Waals surface area contributed by atoms with Crippen molar-refractivity contribution in [2.75, 3.05) is 0 Å². The van der Waals surface area contributed by atoms with E-state index in [0.29, 0.717) is 10.2 Å². The minimum atomic E-state index is -0.447. The number of amides is 1. The number of halogens is 1. The molecule has 0 aliphatic heterocycles. The molecule has 0 unspecified atom stereocenters. The van der Waals surface area contributed by atoms with Crippen molar-refractivity contribution < 1.29 is 9.21 Å². The van der Waals surface area contributed by atoms with Gasteiger partial charge in [-0.1, -0.05) is 46.3 Å². The first-order valence-corrected chi connectivity index (χ1v) is 7.33. The average molecular weight is 357 g/mol. The fraction of sp³-hybridized carbons (Fsp3) is 0.0588. The van der Waals surface area contributed by atoms with Gasteiger partial charge in [-0.25, -0.2) is 0 Å². The number of rotatable bonds is 5. The highest BCUT2D eigenvalue weighted by Gasteiger charge is 2.09. The van der Waals surface area contributed by atoms with E-state index in [2.05, 4.69) is 21.2 Å². The highest BCUT2D eigenvalue weighted by Crippen LogP contribution is 2.15. The second-order valence-electron chi connectivity index (χ2n) is 4.37. The van der Waals surface area contributed by atoms with E-state index >= 15 is 0 Å². The predicted octanol–water partition coefficient (Wildman–Crippen LogP) is 3.78. The number of benzene rings is 1. The number of nitriles is 1. The Morgan fingerprint density at radius 1 is 1.27 bits per heavy atom. The summed E-state index contributed by atoms with van der Waals surface area (Å²) in [6, 6.07) is 15.0. The summed E-state index contributed by atoms with van der Waals surface area (Å²) in [7, 11) is 0. The van der Waals surface area contributed by atoms with Crippen LogP contribution in [0.4, 0.5) is 0 Å². The maximum absolute atomic E-state index is 12.0. The minimum Gasteiger partial charge on any atom is -0.467 e. The third-order valence-corrected chi connectivity index (χ3v) is 3.21. The average Bonchev–Trinajstić information content (AvgIpc) is 3.04. The second-order valence-corrected chi connectivity index (χ2v) is 5.29. The standard InChI is InChI=1S/C17H13BrN2O2/c18-15(9-13-5-2-1-3-6-13)10-14(11-19)17(21)20-12-16-7-4-8-22-16/h1-10H,12H2,(H,20,21)/b14-10+,15-9-. The Balaban J connectivity index is 2.05. The molecule has 1 N–H and O–H groups in total. The Morgan fingerprint density at radius 3 is 2.68 bits per heavy atom. The zero-order valence-electron chi connectivity index (χ0n) is 11.6. The topological polar surface area (TPSA) is 66.0 Å². The molecule has 0 bridgehead atoms. The number of allylic oxidation sites excluding steroid dienone is 2. The van der Waals surface area contributed by atoms with Crippen molar-refractivity contribution in [2.45, 2.75) is 6.54 Å². The van der Waals surface area contributed by atoms with Gasteiger partial charge >= 0.3 is 0 Å². The lowest BCUT2D eigenvalue weighted by Crippen LogP contribution is -2.23. The van der Waals surface area contributed by atoms with Crippen molar-refractivity contribution in [1.29, 1.82) is 5.26 Å². The van der Waals surface area contributed by atoms with Crippen LogP contribution in [0.5, 0.6) is 0 Å². The molecule has 1 aromatic carbocycles. The van der Waals surface area contributed by atoms with Crippen molar-refractivity contribution >= 4 is 27.9 Å². The number of hydrogen-bond acceptors (Lipinski definition) is 3. The number of nitrogens with zero attached hydrogens (tertiary/aromatic N) is 1. The number of carbonyl (C=O) groups excluding carboxylic acids is 1. The normalized spacial score (nSPS) is 11.8. The number of furan rings is 1. The SMILES string of the molecule is N#C/C(=C\C(Br)=C\c1ccccc1)C(=O)NCc1ccco1. The van der Waals surface area contributed by atoms with Gasteiger partial charge in [-0.2, -0.15) is 5.26 Å². The van der Waals surface area contributed by atoms with Crippen molar-refractivity contribution in [1.82, 2.24) is 5.32 Å². The predicted molar refractivity (Wildman–Crippen MR) is 87.6 cm³/mol. The fourth-order valence-electron chi connectivity index (χ4n) is 1.71. The Bertz CT molecular complexity index is 726. The molecule has 0 aliphatic carbocycles. The van der Waals surface area contributed by atoms with Crippen molar-refractivity contribution in [3.8, 4) is 6.07 Å². The molecule has 1 aromatic heterocycles. The van der Waals surface area contributed by atoms with Gasteiger partial charge < -0.3 is 9.73 Å². The van der Waals surface area contributed by atoms with Crippen LogP contribution in [0.2, 0.25) is 0 Å². The Labute approximate surface area is 136 Å². The van der Waals surface area contributed by atoms with Crippen LogP contribution in [-0.2, 0) is 11.3 Å². The molecule has 0 radical (unpaired) electrons. The molecule has 110 valence electrons. The summed E-state index contributed by atoms with van der Waals surface area (Å²) in [4.78, 5) is 12.0. The molecular formula is C17H13BrN2O2. The number of nitrogens with one attached hydrogen (secondary N) is 1. The van der Waals surface area contributed by atoms with E-state index in [9.17, 15) is 4.79 Å². The molecule has 0 saturated carbocycles. The van der Waals surface area contributed by atoms with Crippen LogP contribution >= 0.6 is 15.9 Å². The molecule has 0 saturated heterocycles. The summed E-state index contributed by atoms with van der Waals surface area (Å²) < 4.78 is 5.76. The van der Waals surface area contributed by atoms with Gasteiger partial charge in [-0.3, -0.25) is 4.79 Å². The molecule has 2 rings (SSSR count). The largest absolute Gasteiger partial charge is 0.467 e. The summed E-state index contributed by atoms with van der Waals surface area (Å²) in [6.07, 6.45) is 4.85. The van der Waals surface area contributed by atoms with Gasteiger partial charge in [-0.15, -0.1) is 0 Å². The van der Waals surface area contributed by atoms with Crippen LogP contribution in [0.3, 0.4) is 0 Å². The Morgan fingerprint density at radius 2 is 2.05 bits per heavy atom. The molecule has 1 amide bonds. The molecule has 2 aromatic rings. The third kappa shape index (κ3) is 4.76. The summed E-state index contributed by atoms with van der Waals surface area (Å²) in [5.74, 6) is 0.182. The first kappa shape index (κ1) is 15.8. The van der Waals surface area contributed by atoms with Gasteiger partial charge in [0.15, 0.2) is 0 Å². The highest BCUT2D eigenvalue weighted by atomic mass is 79.9. The Kier molecular flexibility index (Phi) is 5.75. The monoisotopic (exact) mass is 356 g/mol. The Hall–Kier alpha value is -2.58. The molecule has 1 heterocycles. The lowest BCUT2D eigenvalue weighted by Gasteiger charge is -2.02. The molecule has 22 heavy (non-hydrogen) atoms. The maximum atomic E-state index is 12.0. The molecule has 0 aliphatic rings. The lowest BCUT2D eigenvalue weighted by molar-refractivity contribution is -0.117. The lowest BCUT2D eigenvalue weighted by atomic mass is 10.2. The van der Waals surface area contributed by atoms with Gasteiger partial charge in [0.25, 0.3) is 5.91 Å². The quantitative estimate of drug-likeness (QED) is 0.503. The third-order valence-electron chi connectivity index (χ3n) is 2.75. The molecule has 0 atom stereocenters. The highest BCUT2D eigenvalue weighted by molar-refractivity contribution is 9.12.